The topological polar surface area (TPSA) is 82.7 Å². The van der Waals surface area contributed by atoms with Gasteiger partial charge in [-0.3, -0.25) is 9.69 Å². The van der Waals surface area contributed by atoms with Crippen molar-refractivity contribution in [3.63, 3.8) is 0 Å². The van der Waals surface area contributed by atoms with Crippen molar-refractivity contribution in [2.24, 2.45) is 0 Å². The molecule has 0 spiro atoms. The van der Waals surface area contributed by atoms with Crippen LogP contribution in [0, 0.1) is 0 Å². The standard InChI is InChI=1S/C16H18Cl2N4O3/c1-21(9-14(23)24)13-2-4-22(5-3-13)16-19-15(20-25-16)10-6-11(17)8-12(18)7-10/h6-8,13H,2-5,9H2,1H3,(H,23,24). The molecule has 2 heterocycles. The average molecular weight is 385 g/mol. The lowest BCUT2D eigenvalue weighted by atomic mass is 10.0. The van der Waals surface area contributed by atoms with Crippen molar-refractivity contribution in [2.45, 2.75) is 18.9 Å². The molecular weight excluding hydrogens is 367 g/mol. The van der Waals surface area contributed by atoms with Crippen LogP contribution in [-0.4, -0.2) is 58.8 Å². The molecule has 0 unspecified atom stereocenters. The van der Waals surface area contributed by atoms with Crippen molar-refractivity contribution in [3.8, 4) is 11.4 Å². The summed E-state index contributed by atoms with van der Waals surface area (Å²) in [4.78, 5) is 19.1. The van der Waals surface area contributed by atoms with Gasteiger partial charge in [0.1, 0.15) is 0 Å². The summed E-state index contributed by atoms with van der Waals surface area (Å²) in [5, 5.41) is 13.9. The minimum atomic E-state index is -0.813. The molecule has 0 saturated carbocycles. The van der Waals surface area contributed by atoms with E-state index in [0.29, 0.717) is 27.4 Å². The number of piperidine rings is 1. The van der Waals surface area contributed by atoms with Crippen molar-refractivity contribution in [3.05, 3.63) is 28.2 Å². The molecule has 1 aromatic heterocycles. The number of carboxylic acids is 1. The first-order chi connectivity index (χ1) is 11.9. The number of rotatable bonds is 5. The SMILES string of the molecule is CN(CC(=O)O)C1CCN(c2nc(-c3cc(Cl)cc(Cl)c3)no2)CC1. The van der Waals surface area contributed by atoms with Crippen LogP contribution >= 0.6 is 23.2 Å². The molecule has 1 aromatic carbocycles. The van der Waals surface area contributed by atoms with Crippen LogP contribution in [0.5, 0.6) is 0 Å². The number of aliphatic carboxylic acids is 1. The van der Waals surface area contributed by atoms with Crippen LogP contribution in [0.2, 0.25) is 10.0 Å². The number of carbonyl (C=O) groups is 1. The highest BCUT2D eigenvalue weighted by atomic mass is 35.5. The van der Waals surface area contributed by atoms with Crippen LogP contribution in [0.1, 0.15) is 12.8 Å². The Morgan fingerprint density at radius 2 is 1.96 bits per heavy atom. The zero-order valence-corrected chi connectivity index (χ0v) is 15.2. The van der Waals surface area contributed by atoms with Crippen molar-refractivity contribution < 1.29 is 14.4 Å². The molecule has 3 rings (SSSR count). The van der Waals surface area contributed by atoms with E-state index in [4.69, 9.17) is 32.8 Å². The van der Waals surface area contributed by atoms with Gasteiger partial charge in [-0.1, -0.05) is 28.4 Å². The van der Waals surface area contributed by atoms with Crippen LogP contribution < -0.4 is 4.90 Å². The molecule has 1 fully saturated rings. The number of benzene rings is 1. The molecule has 2 aromatic rings. The van der Waals surface area contributed by atoms with E-state index in [2.05, 4.69) is 10.1 Å². The van der Waals surface area contributed by atoms with Gasteiger partial charge in [0.15, 0.2) is 0 Å². The summed E-state index contributed by atoms with van der Waals surface area (Å²) < 4.78 is 5.37. The fraction of sp³-hybridized carbons (Fsp3) is 0.438. The van der Waals surface area contributed by atoms with Crippen molar-refractivity contribution >= 4 is 35.2 Å². The van der Waals surface area contributed by atoms with Gasteiger partial charge in [0.25, 0.3) is 0 Å². The minimum Gasteiger partial charge on any atom is -0.480 e. The van der Waals surface area contributed by atoms with Gasteiger partial charge in [-0.25, -0.2) is 0 Å². The second kappa shape index (κ2) is 7.59. The maximum absolute atomic E-state index is 10.8. The first kappa shape index (κ1) is 18.0. The molecule has 1 N–H and O–H groups in total. The number of likely N-dealkylation sites (N-methyl/N-ethyl adjacent to an activating group) is 1. The number of halogens is 2. The zero-order chi connectivity index (χ0) is 18.0. The number of hydrogen-bond acceptors (Lipinski definition) is 6. The average Bonchev–Trinajstić information content (AvgIpc) is 3.03. The van der Waals surface area contributed by atoms with Gasteiger partial charge in [-0.05, 0) is 38.1 Å². The Hall–Kier alpha value is -1.83. The Bertz CT molecular complexity index is 739. The molecule has 1 saturated heterocycles. The Morgan fingerprint density at radius 3 is 2.56 bits per heavy atom. The van der Waals surface area contributed by atoms with Gasteiger partial charge < -0.3 is 14.5 Å². The van der Waals surface area contributed by atoms with Gasteiger partial charge in [-0.15, -0.1) is 0 Å². The van der Waals surface area contributed by atoms with E-state index in [-0.39, 0.29) is 12.6 Å². The Morgan fingerprint density at radius 1 is 1.32 bits per heavy atom. The van der Waals surface area contributed by atoms with Gasteiger partial charge in [0, 0.05) is 34.7 Å². The lowest BCUT2D eigenvalue weighted by Gasteiger charge is -2.35. The number of nitrogens with zero attached hydrogens (tertiary/aromatic N) is 4. The van der Waals surface area contributed by atoms with Crippen molar-refractivity contribution in [1.29, 1.82) is 0 Å². The molecule has 1 aliphatic rings. The first-order valence-electron chi connectivity index (χ1n) is 7.89. The smallest absolute Gasteiger partial charge is 0.324 e. The lowest BCUT2D eigenvalue weighted by Crippen LogP contribution is -2.45. The highest BCUT2D eigenvalue weighted by molar-refractivity contribution is 6.35. The van der Waals surface area contributed by atoms with Crippen LogP contribution in [0.15, 0.2) is 22.7 Å². The molecule has 0 atom stereocenters. The van der Waals surface area contributed by atoms with E-state index < -0.39 is 5.97 Å². The highest BCUT2D eigenvalue weighted by Gasteiger charge is 2.26. The molecular formula is C16H18Cl2N4O3. The summed E-state index contributed by atoms with van der Waals surface area (Å²) in [5.74, 6) is -0.379. The van der Waals surface area contributed by atoms with Crippen molar-refractivity contribution in [1.82, 2.24) is 15.0 Å². The molecule has 25 heavy (non-hydrogen) atoms. The van der Waals surface area contributed by atoms with Gasteiger partial charge in [-0.2, -0.15) is 4.98 Å². The molecule has 0 amide bonds. The summed E-state index contributed by atoms with van der Waals surface area (Å²) in [6.45, 7) is 1.50. The quantitative estimate of drug-likeness (QED) is 0.847. The molecule has 1 aliphatic heterocycles. The zero-order valence-electron chi connectivity index (χ0n) is 13.7. The summed E-state index contributed by atoms with van der Waals surface area (Å²) >= 11 is 12.0. The van der Waals surface area contributed by atoms with E-state index in [9.17, 15) is 4.79 Å². The third-order valence-corrected chi connectivity index (χ3v) is 4.72. The second-order valence-corrected chi connectivity index (χ2v) is 6.96. The Kier molecular flexibility index (Phi) is 5.46. The maximum atomic E-state index is 10.8. The molecule has 134 valence electrons. The van der Waals surface area contributed by atoms with Crippen molar-refractivity contribution in [2.75, 3.05) is 31.6 Å². The summed E-state index contributed by atoms with van der Waals surface area (Å²) in [6.07, 6.45) is 1.68. The van der Waals surface area contributed by atoms with E-state index in [1.807, 2.05) is 16.8 Å². The van der Waals surface area contributed by atoms with E-state index in [0.717, 1.165) is 25.9 Å². The maximum Gasteiger partial charge on any atom is 0.324 e. The van der Waals surface area contributed by atoms with Crippen LogP contribution in [0.4, 0.5) is 6.01 Å². The van der Waals surface area contributed by atoms with E-state index >= 15 is 0 Å². The molecule has 0 aliphatic carbocycles. The minimum absolute atomic E-state index is 0.0465. The highest BCUT2D eigenvalue weighted by Crippen LogP contribution is 2.28. The number of anilines is 1. The predicted molar refractivity (Wildman–Crippen MR) is 95.3 cm³/mol. The van der Waals surface area contributed by atoms with E-state index in [1.165, 1.54) is 0 Å². The normalized spacial score (nSPS) is 15.8. The monoisotopic (exact) mass is 384 g/mol. The second-order valence-electron chi connectivity index (χ2n) is 6.09. The predicted octanol–water partition coefficient (Wildman–Crippen LogP) is 3.03. The fourth-order valence-electron chi connectivity index (χ4n) is 2.98. The van der Waals surface area contributed by atoms with Gasteiger partial charge in [0.2, 0.25) is 5.82 Å². The van der Waals surface area contributed by atoms with Crippen LogP contribution in [0.25, 0.3) is 11.4 Å². The number of hydrogen-bond donors (Lipinski definition) is 1. The Labute approximate surface area is 155 Å². The third kappa shape index (κ3) is 4.42. The third-order valence-electron chi connectivity index (χ3n) is 4.28. The van der Waals surface area contributed by atoms with Gasteiger partial charge >= 0.3 is 12.0 Å². The first-order valence-corrected chi connectivity index (χ1v) is 8.65. The molecule has 7 nitrogen and oxygen atoms in total. The molecule has 0 radical (unpaired) electrons. The largest absolute Gasteiger partial charge is 0.480 e. The van der Waals surface area contributed by atoms with Crippen LogP contribution in [0.3, 0.4) is 0 Å². The molecule has 0 bridgehead atoms. The fourth-order valence-corrected chi connectivity index (χ4v) is 3.51. The van der Waals surface area contributed by atoms with Crippen LogP contribution in [-0.2, 0) is 4.79 Å². The van der Waals surface area contributed by atoms with Gasteiger partial charge in [0.05, 0.1) is 6.54 Å². The Balaban J connectivity index is 1.65. The summed E-state index contributed by atoms with van der Waals surface area (Å²) in [6, 6.07) is 5.79. The molecule has 9 heteroatoms. The number of aromatic nitrogens is 2. The van der Waals surface area contributed by atoms with E-state index in [1.54, 1.807) is 18.2 Å². The summed E-state index contributed by atoms with van der Waals surface area (Å²) in [5.41, 5.74) is 0.698. The summed E-state index contributed by atoms with van der Waals surface area (Å²) in [7, 11) is 1.84. The number of carboxylic acid groups (broad SMARTS) is 1. The lowest BCUT2D eigenvalue weighted by molar-refractivity contribution is -0.138.